The van der Waals surface area contributed by atoms with E-state index in [0.717, 1.165) is 12.8 Å². The van der Waals surface area contributed by atoms with Gasteiger partial charge >= 0.3 is 5.97 Å². The zero-order chi connectivity index (χ0) is 9.40. The predicted octanol–water partition coefficient (Wildman–Crippen LogP) is 1.38. The van der Waals surface area contributed by atoms with Crippen molar-refractivity contribution in [2.24, 2.45) is 5.92 Å². The van der Waals surface area contributed by atoms with Crippen LogP contribution in [-0.2, 0) is 9.53 Å². The molecule has 0 aromatic carbocycles. The Labute approximate surface area is 71.8 Å². The first kappa shape index (κ1) is 10.8. The van der Waals surface area contributed by atoms with Gasteiger partial charge in [0, 0.05) is 6.42 Å². The molecule has 0 heterocycles. The van der Waals surface area contributed by atoms with Crippen LogP contribution in [0.5, 0.6) is 0 Å². The average Bonchev–Trinajstić information content (AvgIpc) is 1.97. The van der Waals surface area contributed by atoms with Gasteiger partial charge in [0.25, 0.3) is 6.26 Å². The van der Waals surface area contributed by atoms with Gasteiger partial charge in [-0.1, -0.05) is 6.92 Å². The first-order valence-corrected chi connectivity index (χ1v) is 3.89. The second-order valence-electron chi connectivity index (χ2n) is 2.79. The lowest BCUT2D eigenvalue weighted by Gasteiger charge is -2.06. The summed E-state index contributed by atoms with van der Waals surface area (Å²) in [5.41, 5.74) is 0. The molecule has 0 aromatic rings. The summed E-state index contributed by atoms with van der Waals surface area (Å²) in [4.78, 5) is 10.2. The molecular weight excluding hydrogens is 158 g/mol. The fourth-order valence-electron chi connectivity index (χ4n) is 0.950. The normalized spacial score (nSPS) is 11.7. The fraction of sp³-hybridized carbons (Fsp3) is 0.750. The van der Waals surface area contributed by atoms with Gasteiger partial charge in [-0.2, -0.15) is 5.26 Å². The van der Waals surface area contributed by atoms with Gasteiger partial charge in [0.1, 0.15) is 6.61 Å². The molecule has 0 aromatic heterocycles. The summed E-state index contributed by atoms with van der Waals surface area (Å²) in [5, 5.41) is 16.4. The largest absolute Gasteiger partial charge is 0.481 e. The van der Waals surface area contributed by atoms with Crippen LogP contribution in [0.3, 0.4) is 0 Å². The summed E-state index contributed by atoms with van der Waals surface area (Å²) >= 11 is 0. The number of rotatable bonds is 6. The van der Waals surface area contributed by atoms with Crippen LogP contribution in [0.4, 0.5) is 0 Å². The third-order valence-corrected chi connectivity index (χ3v) is 1.53. The number of nitrogens with zero attached hydrogens (tertiary/aromatic N) is 1. The Balaban J connectivity index is 3.26. The van der Waals surface area contributed by atoms with Crippen LogP contribution in [-0.4, -0.2) is 17.7 Å². The van der Waals surface area contributed by atoms with E-state index in [1.807, 2.05) is 6.92 Å². The first-order chi connectivity index (χ1) is 5.66. The van der Waals surface area contributed by atoms with Crippen LogP contribution in [0.15, 0.2) is 0 Å². The Morgan fingerprint density at radius 3 is 2.92 bits per heavy atom. The second kappa shape index (κ2) is 6.47. The molecule has 0 aliphatic rings. The lowest BCUT2D eigenvalue weighted by molar-refractivity contribution is -0.138. The molecule has 4 nitrogen and oxygen atoms in total. The molecule has 0 rings (SSSR count). The smallest absolute Gasteiger partial charge is 0.303 e. The lowest BCUT2D eigenvalue weighted by Crippen LogP contribution is -2.05. The van der Waals surface area contributed by atoms with Gasteiger partial charge in [0.15, 0.2) is 0 Å². The lowest BCUT2D eigenvalue weighted by atomic mass is 10.0. The van der Waals surface area contributed by atoms with Crippen LogP contribution in [0.1, 0.15) is 26.2 Å². The number of carbonyl (C=O) groups is 1. The van der Waals surface area contributed by atoms with Crippen LogP contribution in [0.25, 0.3) is 0 Å². The molecule has 0 aliphatic heterocycles. The number of nitriles is 1. The van der Waals surface area contributed by atoms with Gasteiger partial charge in [0.05, 0.1) is 0 Å². The summed E-state index contributed by atoms with van der Waals surface area (Å²) in [7, 11) is 0. The third kappa shape index (κ3) is 6.87. The maximum Gasteiger partial charge on any atom is 0.303 e. The topological polar surface area (TPSA) is 70.3 Å². The average molecular weight is 171 g/mol. The van der Waals surface area contributed by atoms with Crippen molar-refractivity contribution in [2.45, 2.75) is 26.2 Å². The van der Waals surface area contributed by atoms with Crippen molar-refractivity contribution in [1.29, 1.82) is 5.26 Å². The van der Waals surface area contributed by atoms with E-state index in [1.54, 1.807) is 6.26 Å². The fourth-order valence-corrected chi connectivity index (χ4v) is 0.950. The maximum absolute atomic E-state index is 10.2. The summed E-state index contributed by atoms with van der Waals surface area (Å²) in [5.74, 6) is -0.617. The van der Waals surface area contributed by atoms with Crippen LogP contribution in [0.2, 0.25) is 0 Å². The molecule has 1 unspecified atom stereocenters. The summed E-state index contributed by atoms with van der Waals surface area (Å²) in [6, 6.07) is 0. The van der Waals surface area contributed by atoms with E-state index in [1.165, 1.54) is 0 Å². The van der Waals surface area contributed by atoms with Crippen LogP contribution < -0.4 is 0 Å². The Bertz CT molecular complexity index is 174. The van der Waals surface area contributed by atoms with Crippen molar-refractivity contribution < 1.29 is 14.6 Å². The number of carboxylic acid groups (broad SMARTS) is 1. The van der Waals surface area contributed by atoms with E-state index in [2.05, 4.69) is 4.74 Å². The molecule has 12 heavy (non-hydrogen) atoms. The number of aliphatic carboxylic acids is 1. The second-order valence-corrected chi connectivity index (χ2v) is 2.79. The Kier molecular flexibility index (Phi) is 5.80. The molecule has 4 heteroatoms. The molecule has 1 N–H and O–H groups in total. The molecule has 0 spiro atoms. The first-order valence-electron chi connectivity index (χ1n) is 3.89. The van der Waals surface area contributed by atoms with Crippen molar-refractivity contribution in [2.75, 3.05) is 6.61 Å². The van der Waals surface area contributed by atoms with Crippen molar-refractivity contribution in [3.05, 3.63) is 0 Å². The van der Waals surface area contributed by atoms with Crippen molar-refractivity contribution in [1.82, 2.24) is 0 Å². The SMILES string of the molecule is CC(CCCOC#N)CC(=O)O. The van der Waals surface area contributed by atoms with Gasteiger partial charge in [-0.15, -0.1) is 0 Å². The minimum Gasteiger partial charge on any atom is -0.481 e. The zero-order valence-electron chi connectivity index (χ0n) is 7.12. The molecule has 0 fully saturated rings. The highest BCUT2D eigenvalue weighted by Crippen LogP contribution is 2.09. The van der Waals surface area contributed by atoms with E-state index in [0.29, 0.717) is 6.61 Å². The van der Waals surface area contributed by atoms with E-state index < -0.39 is 5.97 Å². The van der Waals surface area contributed by atoms with Gasteiger partial charge < -0.3 is 9.84 Å². The van der Waals surface area contributed by atoms with E-state index in [4.69, 9.17) is 10.4 Å². The molecule has 68 valence electrons. The van der Waals surface area contributed by atoms with Crippen molar-refractivity contribution in [3.63, 3.8) is 0 Å². The Hall–Kier alpha value is -1.24. The number of ether oxygens (including phenoxy) is 1. The molecule has 0 bridgehead atoms. The monoisotopic (exact) mass is 171 g/mol. The molecule has 1 atom stereocenters. The number of hydrogen-bond donors (Lipinski definition) is 1. The van der Waals surface area contributed by atoms with Crippen LogP contribution in [0, 0.1) is 17.4 Å². The quantitative estimate of drug-likeness (QED) is 0.484. The third-order valence-electron chi connectivity index (χ3n) is 1.53. The Morgan fingerprint density at radius 2 is 2.42 bits per heavy atom. The minimum absolute atomic E-state index is 0.157. The highest BCUT2D eigenvalue weighted by atomic mass is 16.5. The Morgan fingerprint density at radius 1 is 1.75 bits per heavy atom. The van der Waals surface area contributed by atoms with Gasteiger partial charge in [-0.3, -0.25) is 4.79 Å². The van der Waals surface area contributed by atoms with Crippen molar-refractivity contribution >= 4 is 5.97 Å². The molecule has 0 amide bonds. The summed E-state index contributed by atoms with van der Waals surface area (Å²) in [6.07, 6.45) is 3.28. The molecule has 0 saturated heterocycles. The van der Waals surface area contributed by atoms with E-state index >= 15 is 0 Å². The highest BCUT2D eigenvalue weighted by Gasteiger charge is 2.06. The molecule has 0 saturated carbocycles. The minimum atomic E-state index is -0.774. The number of hydrogen-bond acceptors (Lipinski definition) is 3. The molecular formula is C8H13NO3. The summed E-state index contributed by atoms with van der Waals surface area (Å²) < 4.78 is 4.45. The number of carboxylic acids is 1. The van der Waals surface area contributed by atoms with E-state index in [-0.39, 0.29) is 12.3 Å². The standard InChI is InChI=1S/C8H13NO3/c1-7(5-8(10)11)3-2-4-12-6-9/h7H,2-5H2,1H3,(H,10,11). The summed E-state index contributed by atoms with van der Waals surface area (Å²) in [6.45, 7) is 2.26. The van der Waals surface area contributed by atoms with Gasteiger partial charge in [-0.05, 0) is 18.8 Å². The zero-order valence-corrected chi connectivity index (χ0v) is 7.12. The molecule has 0 radical (unpaired) electrons. The van der Waals surface area contributed by atoms with E-state index in [9.17, 15) is 4.79 Å². The van der Waals surface area contributed by atoms with Crippen LogP contribution >= 0.6 is 0 Å². The maximum atomic E-state index is 10.2. The highest BCUT2D eigenvalue weighted by molar-refractivity contribution is 5.66. The predicted molar refractivity (Wildman–Crippen MR) is 42.2 cm³/mol. The van der Waals surface area contributed by atoms with Gasteiger partial charge in [-0.25, -0.2) is 0 Å². The van der Waals surface area contributed by atoms with Crippen molar-refractivity contribution in [3.8, 4) is 6.26 Å². The van der Waals surface area contributed by atoms with Gasteiger partial charge in [0.2, 0.25) is 0 Å². The molecule has 0 aliphatic carbocycles.